The monoisotopic (exact) mass is 587 g/mol. The van der Waals surface area contributed by atoms with Crippen LogP contribution in [0.4, 0.5) is 0 Å². The second-order valence-electron chi connectivity index (χ2n) is 9.91. The number of piperidine rings is 1. The van der Waals surface area contributed by atoms with E-state index in [2.05, 4.69) is 58.3 Å². The van der Waals surface area contributed by atoms with Gasteiger partial charge in [-0.1, -0.05) is 49.4 Å². The molecule has 4 aromatic rings. The lowest BCUT2D eigenvalue weighted by molar-refractivity contribution is 0.247. The van der Waals surface area contributed by atoms with Gasteiger partial charge in [-0.25, -0.2) is 17.9 Å². The van der Waals surface area contributed by atoms with Crippen LogP contribution >= 0.6 is 15.9 Å². The van der Waals surface area contributed by atoms with Gasteiger partial charge in [-0.05, 0) is 70.4 Å². The number of benzene rings is 2. The molecular weight excluding hydrogens is 562 g/mol. The van der Waals surface area contributed by atoms with Crippen LogP contribution in [0.15, 0.2) is 76.2 Å². The molecule has 7 nitrogen and oxygen atoms in total. The van der Waals surface area contributed by atoms with Crippen molar-refractivity contribution in [3.05, 3.63) is 88.2 Å². The van der Waals surface area contributed by atoms with E-state index in [-0.39, 0.29) is 22.3 Å². The predicted octanol–water partition coefficient (Wildman–Crippen LogP) is 6.02. The molecule has 0 N–H and O–H groups in total. The van der Waals surface area contributed by atoms with Crippen molar-refractivity contribution >= 4 is 37.2 Å². The summed E-state index contributed by atoms with van der Waals surface area (Å²) in [4.78, 5) is 5.05. The van der Waals surface area contributed by atoms with E-state index in [1.807, 2.05) is 16.7 Å². The Labute approximate surface area is 230 Å². The normalized spacial score (nSPS) is 17.2. The van der Waals surface area contributed by atoms with Gasteiger partial charge in [0, 0.05) is 30.3 Å². The Kier molecular flexibility index (Phi) is 6.42. The van der Waals surface area contributed by atoms with E-state index < -0.39 is 10.0 Å². The van der Waals surface area contributed by atoms with Gasteiger partial charge in [0.2, 0.25) is 10.0 Å². The van der Waals surface area contributed by atoms with Gasteiger partial charge in [-0.15, -0.1) is 0 Å². The third kappa shape index (κ3) is 4.37. The number of hydrogen-bond acceptors (Lipinski definition) is 5. The van der Waals surface area contributed by atoms with Crippen molar-refractivity contribution in [2.24, 2.45) is 5.92 Å². The summed E-state index contributed by atoms with van der Waals surface area (Å²) < 4.78 is 30.9. The van der Waals surface area contributed by atoms with E-state index in [0.717, 1.165) is 46.3 Å². The van der Waals surface area contributed by atoms with E-state index in [0.29, 0.717) is 13.1 Å². The lowest BCUT2D eigenvalue weighted by atomic mass is 9.83. The third-order valence-electron chi connectivity index (χ3n) is 7.71. The summed E-state index contributed by atoms with van der Waals surface area (Å²) in [6.45, 7) is 3.03. The summed E-state index contributed by atoms with van der Waals surface area (Å²) in [7, 11) is -3.73. The van der Waals surface area contributed by atoms with Crippen molar-refractivity contribution in [2.75, 3.05) is 13.1 Å². The average molecular weight is 589 g/mol. The maximum Gasteiger partial charge on any atom is 0.244 e. The second-order valence-corrected chi connectivity index (χ2v) is 12.7. The molecule has 2 aromatic carbocycles. The topological polar surface area (TPSA) is 91.4 Å². The van der Waals surface area contributed by atoms with Gasteiger partial charge < -0.3 is 0 Å². The molecule has 1 aliphatic carbocycles. The maximum absolute atomic E-state index is 13.3. The molecule has 0 radical (unpaired) electrons. The Morgan fingerprint density at radius 3 is 2.47 bits per heavy atom. The summed E-state index contributed by atoms with van der Waals surface area (Å²) in [5.74, 6) is 0.407. The highest BCUT2D eigenvalue weighted by Gasteiger charge is 2.34. The number of hydrogen-bond donors (Lipinski definition) is 0. The zero-order valence-corrected chi connectivity index (χ0v) is 23.3. The fraction of sp³-hybridized carbons (Fsp3) is 0.276. The molecule has 2 aliphatic rings. The van der Waals surface area contributed by atoms with Crippen LogP contribution in [0.3, 0.4) is 0 Å². The van der Waals surface area contributed by atoms with E-state index in [1.54, 1.807) is 24.4 Å². The Hall–Kier alpha value is -3.32. The standard InChI is InChI=1S/C29H26BrN5O2S/c1-19(20-12-14-34(15-13-20)38(36,37)28-9-5-2-6-22(28)17-31)27-16-26(33-29-25(30)18-32-35(27)29)24-8-4-3-7-23(24)21-10-11-21/h2-10,16,18-20H,11-15H2,1H3. The molecule has 2 aromatic heterocycles. The molecule has 1 aliphatic heterocycles. The van der Waals surface area contributed by atoms with Crippen molar-refractivity contribution < 1.29 is 8.42 Å². The van der Waals surface area contributed by atoms with Crippen LogP contribution in [0, 0.1) is 17.2 Å². The highest BCUT2D eigenvalue weighted by Crippen LogP contribution is 2.40. The molecule has 1 atom stereocenters. The van der Waals surface area contributed by atoms with Crippen molar-refractivity contribution in [3.8, 4) is 17.3 Å². The highest BCUT2D eigenvalue weighted by atomic mass is 79.9. The number of nitriles is 1. The van der Waals surface area contributed by atoms with Gasteiger partial charge in [0.1, 0.15) is 6.07 Å². The van der Waals surface area contributed by atoms with E-state index in [1.165, 1.54) is 21.5 Å². The smallest absolute Gasteiger partial charge is 0.227 e. The predicted molar refractivity (Wildman–Crippen MR) is 150 cm³/mol. The highest BCUT2D eigenvalue weighted by molar-refractivity contribution is 9.10. The quantitative estimate of drug-likeness (QED) is 0.275. The summed E-state index contributed by atoms with van der Waals surface area (Å²) in [5.41, 5.74) is 6.60. The largest absolute Gasteiger partial charge is 0.244 e. The van der Waals surface area contributed by atoms with Crippen molar-refractivity contribution in [1.29, 1.82) is 5.26 Å². The minimum Gasteiger partial charge on any atom is -0.227 e. The maximum atomic E-state index is 13.3. The van der Waals surface area contributed by atoms with E-state index in [9.17, 15) is 13.7 Å². The summed E-state index contributed by atoms with van der Waals surface area (Å²) in [5, 5.41) is 14.0. The number of fused-ring (bicyclic) bond motifs is 1. The van der Waals surface area contributed by atoms with Crippen LogP contribution in [0.2, 0.25) is 0 Å². The van der Waals surface area contributed by atoms with Crippen molar-refractivity contribution in [1.82, 2.24) is 18.9 Å². The number of nitrogens with zero attached hydrogens (tertiary/aromatic N) is 5. The van der Waals surface area contributed by atoms with Gasteiger partial charge in [0.05, 0.1) is 26.8 Å². The minimum absolute atomic E-state index is 0.0836. The number of sulfonamides is 1. The van der Waals surface area contributed by atoms with Gasteiger partial charge in [-0.2, -0.15) is 14.7 Å². The van der Waals surface area contributed by atoms with Crippen molar-refractivity contribution in [2.45, 2.75) is 37.0 Å². The van der Waals surface area contributed by atoms with Gasteiger partial charge >= 0.3 is 0 Å². The summed E-state index contributed by atoms with van der Waals surface area (Å²) in [6, 6.07) is 18.9. The fourth-order valence-corrected chi connectivity index (χ4v) is 7.42. The average Bonchev–Trinajstić information content (AvgIpc) is 3.74. The fourth-order valence-electron chi connectivity index (χ4n) is 5.46. The van der Waals surface area contributed by atoms with Crippen LogP contribution < -0.4 is 0 Å². The Morgan fingerprint density at radius 2 is 1.76 bits per heavy atom. The lowest BCUT2D eigenvalue weighted by Gasteiger charge is -2.34. The molecule has 0 amide bonds. The van der Waals surface area contributed by atoms with Gasteiger partial charge in [0.15, 0.2) is 5.65 Å². The first-order valence-corrected chi connectivity index (χ1v) is 14.9. The zero-order chi connectivity index (χ0) is 26.4. The van der Waals surface area contributed by atoms with Crippen LogP contribution in [-0.2, 0) is 10.0 Å². The van der Waals surface area contributed by atoms with Gasteiger partial charge in [-0.3, -0.25) is 0 Å². The van der Waals surface area contributed by atoms with Gasteiger partial charge in [0.25, 0.3) is 0 Å². The first-order chi connectivity index (χ1) is 18.4. The molecule has 3 heterocycles. The molecule has 0 bridgehead atoms. The van der Waals surface area contributed by atoms with Crippen LogP contribution in [-0.4, -0.2) is 40.4 Å². The molecular formula is C29H26BrN5O2S. The van der Waals surface area contributed by atoms with Crippen LogP contribution in [0.5, 0.6) is 0 Å². The van der Waals surface area contributed by atoms with E-state index >= 15 is 0 Å². The molecule has 1 unspecified atom stereocenters. The minimum atomic E-state index is -3.73. The number of rotatable bonds is 6. The molecule has 192 valence electrons. The molecule has 6 rings (SSSR count). The lowest BCUT2D eigenvalue weighted by Crippen LogP contribution is -2.39. The molecule has 38 heavy (non-hydrogen) atoms. The summed E-state index contributed by atoms with van der Waals surface area (Å²) in [6.07, 6.45) is 6.46. The number of allylic oxidation sites excluding steroid dienone is 2. The van der Waals surface area contributed by atoms with E-state index in [4.69, 9.17) is 4.98 Å². The zero-order valence-electron chi connectivity index (χ0n) is 20.9. The number of halogens is 1. The molecule has 0 spiro atoms. The second kappa shape index (κ2) is 9.77. The Bertz CT molecular complexity index is 1730. The molecule has 1 saturated heterocycles. The summed E-state index contributed by atoms with van der Waals surface area (Å²) >= 11 is 3.62. The third-order valence-corrected chi connectivity index (χ3v) is 10.2. The first-order valence-electron chi connectivity index (χ1n) is 12.7. The van der Waals surface area contributed by atoms with Crippen LogP contribution in [0.25, 0.3) is 22.5 Å². The molecule has 9 heteroatoms. The molecule has 0 saturated carbocycles. The van der Waals surface area contributed by atoms with Crippen molar-refractivity contribution in [3.63, 3.8) is 0 Å². The first kappa shape index (κ1) is 25.0. The number of aromatic nitrogens is 3. The Balaban J connectivity index is 1.30. The SMILES string of the molecule is CC(c1cc(-c2ccccc2C2=CC2)nc2c(Br)cnn12)C1CCN(S(=O)(=O)c2ccccc2C#N)CC1. The van der Waals surface area contributed by atoms with Crippen LogP contribution in [0.1, 0.15) is 48.9 Å². The Morgan fingerprint density at radius 1 is 1.08 bits per heavy atom. The molecule has 1 fully saturated rings.